The van der Waals surface area contributed by atoms with Crippen LogP contribution in [0.4, 0.5) is 0 Å². The highest BCUT2D eigenvalue weighted by Crippen LogP contribution is 2.21. The Bertz CT molecular complexity index is 625. The van der Waals surface area contributed by atoms with Gasteiger partial charge in [-0.05, 0) is 12.5 Å². The molecule has 2 unspecified atom stereocenters. The van der Waals surface area contributed by atoms with Gasteiger partial charge in [0.25, 0.3) is 0 Å². The van der Waals surface area contributed by atoms with Gasteiger partial charge in [-0.1, -0.05) is 55.8 Å². The highest BCUT2D eigenvalue weighted by atomic mass is 16.5. The minimum atomic E-state index is -0.271. The summed E-state index contributed by atoms with van der Waals surface area (Å²) in [6.45, 7) is 5.80. The minimum Gasteiger partial charge on any atom is -0.469 e. The van der Waals surface area contributed by atoms with E-state index in [1.54, 1.807) is 0 Å². The first kappa shape index (κ1) is 18.2. The third-order valence-electron chi connectivity index (χ3n) is 4.19. The van der Waals surface area contributed by atoms with Crippen molar-refractivity contribution in [1.29, 1.82) is 0 Å². The van der Waals surface area contributed by atoms with E-state index in [9.17, 15) is 4.79 Å². The van der Waals surface area contributed by atoms with Crippen LogP contribution in [-0.4, -0.2) is 31.3 Å². The number of aromatic nitrogens is 1. The summed E-state index contributed by atoms with van der Waals surface area (Å²) in [4.78, 5) is 12.0. The fourth-order valence-corrected chi connectivity index (χ4v) is 2.45. The molecule has 2 rings (SSSR count). The third kappa shape index (κ3) is 5.20. The van der Waals surface area contributed by atoms with Crippen LogP contribution < -0.4 is 5.32 Å². The predicted molar refractivity (Wildman–Crippen MR) is 93.5 cm³/mol. The summed E-state index contributed by atoms with van der Waals surface area (Å²) in [5.74, 6) is 0.797. The monoisotopic (exact) mass is 330 g/mol. The number of esters is 1. The molecule has 2 aromatic rings. The van der Waals surface area contributed by atoms with Gasteiger partial charge in [-0.3, -0.25) is 4.79 Å². The highest BCUT2D eigenvalue weighted by molar-refractivity contribution is 5.73. The number of rotatable bonds is 9. The number of hydrogen-bond acceptors (Lipinski definition) is 5. The van der Waals surface area contributed by atoms with Crippen LogP contribution in [0.3, 0.4) is 0 Å². The number of benzene rings is 1. The number of methoxy groups -OCH3 is 1. The van der Waals surface area contributed by atoms with Crippen molar-refractivity contribution in [1.82, 2.24) is 10.5 Å². The molecule has 1 heterocycles. The Labute approximate surface area is 143 Å². The molecule has 5 heteroatoms. The van der Waals surface area contributed by atoms with E-state index in [0.717, 1.165) is 24.2 Å². The van der Waals surface area contributed by atoms with Crippen LogP contribution in [0.25, 0.3) is 11.3 Å². The number of carbonyl (C=O) groups is 1. The van der Waals surface area contributed by atoms with Crippen LogP contribution in [0.15, 0.2) is 40.9 Å². The first-order chi connectivity index (χ1) is 11.6. The van der Waals surface area contributed by atoms with Crippen molar-refractivity contribution < 1.29 is 14.1 Å². The van der Waals surface area contributed by atoms with Crippen LogP contribution in [0.5, 0.6) is 0 Å². The molecule has 5 nitrogen and oxygen atoms in total. The molecule has 1 N–H and O–H groups in total. The minimum absolute atomic E-state index is 0.226. The molecule has 1 aromatic heterocycles. The van der Waals surface area contributed by atoms with E-state index in [2.05, 4.69) is 24.3 Å². The number of nitrogens with one attached hydrogen (secondary N) is 1. The zero-order valence-corrected chi connectivity index (χ0v) is 14.6. The SMILES string of the molecule is CCC(C)CNCC(Cc1cc(-c2ccccc2)on1)C(=O)OC. The topological polar surface area (TPSA) is 64.4 Å². The molecule has 0 spiro atoms. The van der Waals surface area contributed by atoms with Gasteiger partial charge in [0.1, 0.15) is 0 Å². The van der Waals surface area contributed by atoms with Crippen molar-refractivity contribution in [2.24, 2.45) is 11.8 Å². The third-order valence-corrected chi connectivity index (χ3v) is 4.19. The van der Waals surface area contributed by atoms with E-state index in [-0.39, 0.29) is 11.9 Å². The average Bonchev–Trinajstić information content (AvgIpc) is 3.09. The molecular weight excluding hydrogens is 304 g/mol. The number of ether oxygens (including phenoxy) is 1. The summed E-state index contributed by atoms with van der Waals surface area (Å²) in [6.07, 6.45) is 1.61. The van der Waals surface area contributed by atoms with Gasteiger partial charge in [-0.15, -0.1) is 0 Å². The Morgan fingerprint density at radius 3 is 2.71 bits per heavy atom. The highest BCUT2D eigenvalue weighted by Gasteiger charge is 2.21. The van der Waals surface area contributed by atoms with Crippen LogP contribution in [0.2, 0.25) is 0 Å². The van der Waals surface area contributed by atoms with Gasteiger partial charge in [0.2, 0.25) is 0 Å². The van der Waals surface area contributed by atoms with E-state index in [0.29, 0.717) is 24.6 Å². The molecule has 0 fully saturated rings. The van der Waals surface area contributed by atoms with Crippen molar-refractivity contribution >= 4 is 5.97 Å². The van der Waals surface area contributed by atoms with E-state index >= 15 is 0 Å². The Hall–Kier alpha value is -2.14. The van der Waals surface area contributed by atoms with Gasteiger partial charge in [-0.25, -0.2) is 0 Å². The number of nitrogens with zero attached hydrogens (tertiary/aromatic N) is 1. The summed E-state index contributed by atoms with van der Waals surface area (Å²) in [7, 11) is 1.42. The Morgan fingerprint density at radius 1 is 1.29 bits per heavy atom. The Morgan fingerprint density at radius 2 is 2.04 bits per heavy atom. The second-order valence-corrected chi connectivity index (χ2v) is 6.14. The van der Waals surface area contributed by atoms with Gasteiger partial charge >= 0.3 is 5.97 Å². The van der Waals surface area contributed by atoms with Crippen LogP contribution in [0, 0.1) is 11.8 Å². The normalized spacial score (nSPS) is 13.5. The van der Waals surface area contributed by atoms with E-state index in [1.165, 1.54) is 7.11 Å². The number of carbonyl (C=O) groups excluding carboxylic acids is 1. The maximum atomic E-state index is 12.0. The van der Waals surface area contributed by atoms with Gasteiger partial charge in [0, 0.05) is 24.6 Å². The van der Waals surface area contributed by atoms with Crippen LogP contribution in [-0.2, 0) is 16.0 Å². The fourth-order valence-electron chi connectivity index (χ4n) is 2.45. The van der Waals surface area contributed by atoms with Crippen molar-refractivity contribution in [3.05, 3.63) is 42.1 Å². The summed E-state index contributed by atoms with van der Waals surface area (Å²) in [5.41, 5.74) is 1.73. The molecule has 130 valence electrons. The molecule has 0 radical (unpaired) electrons. The van der Waals surface area contributed by atoms with Crippen LogP contribution in [0.1, 0.15) is 26.0 Å². The molecule has 0 amide bonds. The van der Waals surface area contributed by atoms with Crippen molar-refractivity contribution in [3.63, 3.8) is 0 Å². The average molecular weight is 330 g/mol. The number of hydrogen-bond donors (Lipinski definition) is 1. The molecule has 2 atom stereocenters. The fraction of sp³-hybridized carbons (Fsp3) is 0.474. The van der Waals surface area contributed by atoms with Gasteiger partial charge in [-0.2, -0.15) is 0 Å². The summed E-state index contributed by atoms with van der Waals surface area (Å²) in [5, 5.41) is 7.45. The van der Waals surface area contributed by atoms with E-state index in [1.807, 2.05) is 36.4 Å². The Balaban J connectivity index is 1.99. The quantitative estimate of drug-likeness (QED) is 0.715. The lowest BCUT2D eigenvalue weighted by Crippen LogP contribution is -2.33. The van der Waals surface area contributed by atoms with Crippen molar-refractivity contribution in [3.8, 4) is 11.3 Å². The Kier molecular flexibility index (Phi) is 7.00. The van der Waals surface area contributed by atoms with E-state index < -0.39 is 0 Å². The van der Waals surface area contributed by atoms with Gasteiger partial charge in [0.05, 0.1) is 18.7 Å². The summed E-state index contributed by atoms with van der Waals surface area (Å²) < 4.78 is 10.3. The van der Waals surface area contributed by atoms with Crippen molar-refractivity contribution in [2.45, 2.75) is 26.7 Å². The van der Waals surface area contributed by atoms with Crippen LogP contribution >= 0.6 is 0 Å². The van der Waals surface area contributed by atoms with Gasteiger partial charge < -0.3 is 14.6 Å². The predicted octanol–water partition coefficient (Wildman–Crippen LogP) is 3.31. The maximum Gasteiger partial charge on any atom is 0.310 e. The first-order valence-electron chi connectivity index (χ1n) is 8.43. The molecular formula is C19H26N2O3. The molecule has 0 saturated heterocycles. The largest absolute Gasteiger partial charge is 0.469 e. The molecule has 1 aromatic carbocycles. The zero-order chi connectivity index (χ0) is 17.4. The second kappa shape index (κ2) is 9.23. The lowest BCUT2D eigenvalue weighted by molar-refractivity contribution is -0.145. The molecule has 0 aliphatic rings. The standard InChI is InChI=1S/C19H26N2O3/c1-4-14(2)12-20-13-16(19(22)23-3)10-17-11-18(24-21-17)15-8-6-5-7-9-15/h5-9,11,14,16,20H,4,10,12-13H2,1-3H3. The summed E-state index contributed by atoms with van der Waals surface area (Å²) >= 11 is 0. The smallest absolute Gasteiger partial charge is 0.310 e. The maximum absolute atomic E-state index is 12.0. The lowest BCUT2D eigenvalue weighted by Gasteiger charge is -2.16. The molecule has 0 saturated carbocycles. The van der Waals surface area contributed by atoms with Crippen molar-refractivity contribution in [2.75, 3.05) is 20.2 Å². The lowest BCUT2D eigenvalue weighted by atomic mass is 10.0. The first-order valence-corrected chi connectivity index (χ1v) is 8.43. The molecule has 0 aliphatic heterocycles. The summed E-state index contributed by atoms with van der Waals surface area (Å²) in [6, 6.07) is 11.7. The molecule has 24 heavy (non-hydrogen) atoms. The van der Waals surface area contributed by atoms with E-state index in [4.69, 9.17) is 9.26 Å². The molecule has 0 aliphatic carbocycles. The van der Waals surface area contributed by atoms with Gasteiger partial charge in [0.15, 0.2) is 5.76 Å². The zero-order valence-electron chi connectivity index (χ0n) is 14.6. The molecule has 0 bridgehead atoms. The second-order valence-electron chi connectivity index (χ2n) is 6.14.